The molecule has 2 fully saturated rings. The van der Waals surface area contributed by atoms with Crippen LogP contribution in [0.15, 0.2) is 18.2 Å². The SMILES string of the molecule is CC(=O)O[C@@H](C(=O)OC(C)(C)C)[C@H]1OCCN(c2cc(C)cc(C(=O)N3CCCC3)c2)C1=O. The normalized spacial score (nSPS) is 19.9. The molecule has 2 saturated heterocycles. The van der Waals surface area contributed by atoms with E-state index >= 15 is 0 Å². The number of carbonyl (C=O) groups excluding carboxylic acids is 4. The van der Waals surface area contributed by atoms with Gasteiger partial charge in [-0.15, -0.1) is 0 Å². The third-order valence-electron chi connectivity index (χ3n) is 5.34. The van der Waals surface area contributed by atoms with E-state index in [4.69, 9.17) is 14.2 Å². The molecule has 2 heterocycles. The molecule has 0 aliphatic carbocycles. The third-order valence-corrected chi connectivity index (χ3v) is 5.34. The van der Waals surface area contributed by atoms with Gasteiger partial charge in [0.2, 0.25) is 6.10 Å². The van der Waals surface area contributed by atoms with Crippen molar-refractivity contribution in [3.63, 3.8) is 0 Å². The average molecular weight is 461 g/mol. The van der Waals surface area contributed by atoms with Crippen molar-refractivity contribution in [1.82, 2.24) is 4.90 Å². The molecule has 2 atom stereocenters. The first-order chi connectivity index (χ1) is 15.5. The molecule has 0 N–H and O–H groups in total. The maximum absolute atomic E-state index is 13.4. The van der Waals surface area contributed by atoms with Crippen molar-refractivity contribution < 1.29 is 33.4 Å². The number of benzene rings is 1. The smallest absolute Gasteiger partial charge is 0.351 e. The second kappa shape index (κ2) is 9.91. The minimum Gasteiger partial charge on any atom is -0.457 e. The van der Waals surface area contributed by atoms with E-state index in [1.54, 1.807) is 39.0 Å². The summed E-state index contributed by atoms with van der Waals surface area (Å²) in [4.78, 5) is 53.9. The zero-order chi connectivity index (χ0) is 24.3. The Kier molecular flexibility index (Phi) is 7.41. The van der Waals surface area contributed by atoms with Gasteiger partial charge in [-0.1, -0.05) is 0 Å². The van der Waals surface area contributed by atoms with Crippen LogP contribution < -0.4 is 4.90 Å². The molecule has 2 amide bonds. The predicted octanol–water partition coefficient (Wildman–Crippen LogP) is 2.24. The number of anilines is 1. The van der Waals surface area contributed by atoms with Gasteiger partial charge in [-0.3, -0.25) is 14.4 Å². The highest BCUT2D eigenvalue weighted by atomic mass is 16.6. The van der Waals surface area contributed by atoms with Crippen LogP contribution in [0.1, 0.15) is 56.5 Å². The first kappa shape index (κ1) is 24.7. The van der Waals surface area contributed by atoms with E-state index in [0.717, 1.165) is 38.4 Å². The number of esters is 2. The van der Waals surface area contributed by atoms with Gasteiger partial charge in [-0.2, -0.15) is 0 Å². The lowest BCUT2D eigenvalue weighted by atomic mass is 10.1. The minimum absolute atomic E-state index is 0.0683. The van der Waals surface area contributed by atoms with Crippen LogP contribution in [-0.2, 0) is 28.6 Å². The average Bonchev–Trinajstić information content (AvgIpc) is 3.25. The molecule has 0 unspecified atom stereocenters. The van der Waals surface area contributed by atoms with Crippen molar-refractivity contribution >= 4 is 29.4 Å². The Labute approximate surface area is 193 Å². The summed E-state index contributed by atoms with van der Waals surface area (Å²) >= 11 is 0. The summed E-state index contributed by atoms with van der Waals surface area (Å²) < 4.78 is 16.1. The lowest BCUT2D eigenvalue weighted by Gasteiger charge is -2.36. The Morgan fingerprint density at radius 1 is 1.09 bits per heavy atom. The highest BCUT2D eigenvalue weighted by molar-refractivity contribution is 6.02. The Balaban J connectivity index is 1.87. The fraction of sp³-hybridized carbons (Fsp3) is 0.583. The van der Waals surface area contributed by atoms with Crippen LogP contribution in [0.5, 0.6) is 0 Å². The molecule has 9 nitrogen and oxygen atoms in total. The Hall–Kier alpha value is -2.94. The molecule has 1 aromatic rings. The van der Waals surface area contributed by atoms with E-state index in [1.807, 2.05) is 11.8 Å². The zero-order valence-corrected chi connectivity index (χ0v) is 19.9. The number of nitrogens with zero attached hydrogens (tertiary/aromatic N) is 2. The van der Waals surface area contributed by atoms with Crippen LogP contribution in [-0.4, -0.2) is 72.7 Å². The number of carbonyl (C=O) groups is 4. The van der Waals surface area contributed by atoms with Crippen LogP contribution in [0.2, 0.25) is 0 Å². The van der Waals surface area contributed by atoms with E-state index in [1.165, 1.54) is 4.90 Å². The van der Waals surface area contributed by atoms with E-state index in [-0.39, 0.29) is 19.1 Å². The van der Waals surface area contributed by atoms with E-state index in [0.29, 0.717) is 11.3 Å². The number of likely N-dealkylation sites (tertiary alicyclic amines) is 1. The van der Waals surface area contributed by atoms with Crippen LogP contribution in [0.25, 0.3) is 0 Å². The van der Waals surface area contributed by atoms with Gasteiger partial charge in [0.1, 0.15) is 5.60 Å². The second-order valence-corrected chi connectivity index (χ2v) is 9.40. The Morgan fingerprint density at radius 3 is 2.36 bits per heavy atom. The summed E-state index contributed by atoms with van der Waals surface area (Å²) in [6.07, 6.45) is -0.921. The van der Waals surface area contributed by atoms with Gasteiger partial charge in [-0.05, 0) is 64.3 Å². The first-order valence-electron chi connectivity index (χ1n) is 11.2. The summed E-state index contributed by atoms with van der Waals surface area (Å²) in [5, 5.41) is 0. The van der Waals surface area contributed by atoms with Crippen molar-refractivity contribution in [1.29, 1.82) is 0 Å². The maximum Gasteiger partial charge on any atom is 0.351 e. The second-order valence-electron chi connectivity index (χ2n) is 9.40. The summed E-state index contributed by atoms with van der Waals surface area (Å²) in [6, 6.07) is 5.28. The van der Waals surface area contributed by atoms with Crippen molar-refractivity contribution in [2.75, 3.05) is 31.1 Å². The van der Waals surface area contributed by atoms with Crippen LogP contribution in [0.3, 0.4) is 0 Å². The standard InChI is InChI=1S/C24H32N2O7/c1-15-12-17(21(28)25-8-6-7-9-25)14-18(13-15)26-10-11-31-19(22(26)29)20(32-16(2)27)23(30)33-24(3,4)5/h12-14,19-20H,6-11H2,1-5H3/t19-,20-/m1/s1. The fourth-order valence-electron chi connectivity index (χ4n) is 4.00. The number of morpholine rings is 1. The first-order valence-corrected chi connectivity index (χ1v) is 11.2. The lowest BCUT2D eigenvalue weighted by Crippen LogP contribution is -2.56. The van der Waals surface area contributed by atoms with Gasteiger partial charge in [0.15, 0.2) is 6.10 Å². The molecule has 2 aliphatic heterocycles. The topological polar surface area (TPSA) is 102 Å². The van der Waals surface area contributed by atoms with Crippen molar-refractivity contribution in [2.45, 2.75) is 65.3 Å². The quantitative estimate of drug-likeness (QED) is 0.621. The number of hydrogen-bond acceptors (Lipinski definition) is 7. The molecule has 3 rings (SSSR count). The van der Waals surface area contributed by atoms with Gasteiger partial charge in [0, 0.05) is 37.8 Å². The van der Waals surface area contributed by atoms with Crippen LogP contribution in [0, 0.1) is 6.92 Å². The summed E-state index contributed by atoms with van der Waals surface area (Å²) in [6.45, 7) is 9.85. The number of aryl methyl sites for hydroxylation is 1. The number of ether oxygens (including phenoxy) is 3. The molecular formula is C24H32N2O7. The fourth-order valence-corrected chi connectivity index (χ4v) is 4.00. The largest absolute Gasteiger partial charge is 0.457 e. The number of amides is 2. The number of hydrogen-bond donors (Lipinski definition) is 0. The number of rotatable bonds is 5. The summed E-state index contributed by atoms with van der Waals surface area (Å²) in [5.74, 6) is -2.19. The summed E-state index contributed by atoms with van der Waals surface area (Å²) in [7, 11) is 0. The van der Waals surface area contributed by atoms with E-state index < -0.39 is 35.7 Å². The van der Waals surface area contributed by atoms with Gasteiger partial charge < -0.3 is 24.0 Å². The van der Waals surface area contributed by atoms with Crippen LogP contribution in [0.4, 0.5) is 5.69 Å². The molecule has 2 aliphatic rings. The molecule has 0 bridgehead atoms. The minimum atomic E-state index is -1.53. The highest BCUT2D eigenvalue weighted by Gasteiger charge is 2.44. The zero-order valence-electron chi connectivity index (χ0n) is 19.9. The van der Waals surface area contributed by atoms with E-state index in [9.17, 15) is 19.2 Å². The molecule has 0 radical (unpaired) electrons. The predicted molar refractivity (Wildman–Crippen MR) is 120 cm³/mol. The molecule has 180 valence electrons. The monoisotopic (exact) mass is 460 g/mol. The lowest BCUT2D eigenvalue weighted by molar-refractivity contribution is -0.188. The van der Waals surface area contributed by atoms with Crippen molar-refractivity contribution in [3.8, 4) is 0 Å². The molecule has 1 aromatic carbocycles. The van der Waals surface area contributed by atoms with Gasteiger partial charge in [0.05, 0.1) is 6.61 Å². The van der Waals surface area contributed by atoms with Crippen LogP contribution >= 0.6 is 0 Å². The maximum atomic E-state index is 13.4. The van der Waals surface area contributed by atoms with Gasteiger partial charge in [-0.25, -0.2) is 4.79 Å². The molecule has 0 spiro atoms. The molecule has 33 heavy (non-hydrogen) atoms. The Bertz CT molecular complexity index is 931. The van der Waals surface area contributed by atoms with Crippen molar-refractivity contribution in [3.05, 3.63) is 29.3 Å². The Morgan fingerprint density at radius 2 is 1.76 bits per heavy atom. The third kappa shape index (κ3) is 6.10. The van der Waals surface area contributed by atoms with Gasteiger partial charge in [0.25, 0.3) is 11.8 Å². The highest BCUT2D eigenvalue weighted by Crippen LogP contribution is 2.26. The van der Waals surface area contributed by atoms with E-state index in [2.05, 4.69) is 0 Å². The molecule has 0 aromatic heterocycles. The molecular weight excluding hydrogens is 428 g/mol. The molecule has 0 saturated carbocycles. The summed E-state index contributed by atoms with van der Waals surface area (Å²) in [5.41, 5.74) is 1.02. The van der Waals surface area contributed by atoms with Crippen molar-refractivity contribution in [2.24, 2.45) is 0 Å². The van der Waals surface area contributed by atoms with Gasteiger partial charge >= 0.3 is 11.9 Å². The molecule has 9 heteroatoms.